The van der Waals surface area contributed by atoms with Gasteiger partial charge in [0.05, 0.1) is 25.4 Å². The Labute approximate surface area is 473 Å². The van der Waals surface area contributed by atoms with Crippen molar-refractivity contribution < 1.29 is 49.3 Å². The van der Waals surface area contributed by atoms with E-state index in [1.807, 2.05) is 6.08 Å². The van der Waals surface area contributed by atoms with E-state index >= 15 is 0 Å². The van der Waals surface area contributed by atoms with E-state index < -0.39 is 67.4 Å². The standard InChI is InChI=1S/C66H125NO10/c1-4-7-10-13-16-19-22-24-25-26-27-28-29-30-31-32-33-34-36-39-41-44-47-50-53-59(70)65(74)67-57(58(69)52-49-46-43-40-38-35-23-20-17-14-11-8-5-2)56-75-66-64(63(73)62(72)60(55-68)76-66)77-61(71)54-51-48-45-42-37-21-18-15-12-9-6-3/h15,18,49,52,57-60,62-64,66,68-70,72-73H,4-14,16-17,19-48,50-51,53-56H2,1-3H3,(H,67,74)/b18-15-,52-49+. The monoisotopic (exact) mass is 1090 g/mol. The molecule has 1 aliphatic heterocycles. The highest BCUT2D eigenvalue weighted by Crippen LogP contribution is 2.26. The molecular formula is C66H125NO10. The van der Waals surface area contributed by atoms with Gasteiger partial charge in [0.1, 0.15) is 24.4 Å². The maximum atomic E-state index is 13.4. The summed E-state index contributed by atoms with van der Waals surface area (Å²) in [6.07, 6.45) is 53.8. The van der Waals surface area contributed by atoms with Gasteiger partial charge in [-0.1, -0.05) is 295 Å². The van der Waals surface area contributed by atoms with Crippen molar-refractivity contribution >= 4 is 11.9 Å². The molecule has 1 rings (SSSR count). The molecular weight excluding hydrogens is 967 g/mol. The molecule has 0 aliphatic carbocycles. The lowest BCUT2D eigenvalue weighted by atomic mass is 9.99. The molecule has 0 radical (unpaired) electrons. The summed E-state index contributed by atoms with van der Waals surface area (Å²) in [4.78, 5) is 26.5. The maximum Gasteiger partial charge on any atom is 0.306 e. The molecule has 6 N–H and O–H groups in total. The van der Waals surface area contributed by atoms with Gasteiger partial charge in [-0.05, 0) is 44.9 Å². The van der Waals surface area contributed by atoms with Gasteiger partial charge in [0.2, 0.25) is 5.91 Å². The molecule has 1 heterocycles. The number of allylic oxidation sites excluding steroid dienone is 3. The first-order chi connectivity index (χ1) is 37.7. The highest BCUT2D eigenvalue weighted by atomic mass is 16.7. The van der Waals surface area contributed by atoms with Crippen molar-refractivity contribution in [1.82, 2.24) is 5.32 Å². The molecule has 1 amide bonds. The van der Waals surface area contributed by atoms with Crippen LogP contribution in [-0.2, 0) is 23.8 Å². The molecule has 1 fully saturated rings. The van der Waals surface area contributed by atoms with Crippen molar-refractivity contribution in [3.05, 3.63) is 24.3 Å². The average Bonchev–Trinajstić information content (AvgIpc) is 3.44. The van der Waals surface area contributed by atoms with E-state index in [1.54, 1.807) is 6.08 Å². The number of amides is 1. The topological polar surface area (TPSA) is 175 Å². The number of hydrogen-bond donors (Lipinski definition) is 6. The number of carbonyl (C=O) groups is 2. The quantitative estimate of drug-likeness (QED) is 0.0195. The van der Waals surface area contributed by atoms with Gasteiger partial charge >= 0.3 is 5.97 Å². The molecule has 1 aliphatic rings. The first-order valence-electron chi connectivity index (χ1n) is 33.1. The fourth-order valence-electron chi connectivity index (χ4n) is 10.6. The Balaban J connectivity index is 2.58. The number of nitrogens with one attached hydrogen (secondary N) is 1. The first kappa shape index (κ1) is 73.2. The van der Waals surface area contributed by atoms with Crippen LogP contribution in [0, 0.1) is 0 Å². The summed E-state index contributed by atoms with van der Waals surface area (Å²) in [5.74, 6) is -1.19. The van der Waals surface area contributed by atoms with Crippen LogP contribution in [0.2, 0.25) is 0 Å². The number of aliphatic hydroxyl groups excluding tert-OH is 5. The van der Waals surface area contributed by atoms with Crippen molar-refractivity contribution in [3.8, 4) is 0 Å². The average molecular weight is 1090 g/mol. The predicted molar refractivity (Wildman–Crippen MR) is 320 cm³/mol. The number of ether oxygens (including phenoxy) is 3. The Bertz CT molecular complexity index is 1350. The zero-order valence-corrected chi connectivity index (χ0v) is 50.4. The summed E-state index contributed by atoms with van der Waals surface area (Å²) in [5.41, 5.74) is 0. The van der Waals surface area contributed by atoms with Crippen LogP contribution in [0.25, 0.3) is 0 Å². The fraction of sp³-hybridized carbons (Fsp3) is 0.909. The van der Waals surface area contributed by atoms with Crippen LogP contribution < -0.4 is 5.32 Å². The van der Waals surface area contributed by atoms with Gasteiger partial charge in [-0.2, -0.15) is 0 Å². The fourth-order valence-corrected chi connectivity index (χ4v) is 10.6. The second-order valence-corrected chi connectivity index (χ2v) is 23.2. The lowest BCUT2D eigenvalue weighted by Gasteiger charge is -2.41. The van der Waals surface area contributed by atoms with Crippen LogP contribution in [0.1, 0.15) is 323 Å². The van der Waals surface area contributed by atoms with Crippen LogP contribution in [0.5, 0.6) is 0 Å². The Kier molecular flexibility index (Phi) is 52.0. The minimum absolute atomic E-state index is 0.116. The summed E-state index contributed by atoms with van der Waals surface area (Å²) >= 11 is 0. The van der Waals surface area contributed by atoms with Crippen LogP contribution in [0.15, 0.2) is 24.3 Å². The highest BCUT2D eigenvalue weighted by molar-refractivity contribution is 5.80. The van der Waals surface area contributed by atoms with Gasteiger partial charge in [-0.25, -0.2) is 0 Å². The Hall–Kier alpha value is -1.86. The SMILES string of the molecule is CCCC/C=C\CCCCCCCC(=O)OC1C(OCC(NC(=O)C(O)CCCCCCCCCCCCCCCCCCCCCCCCCC)C(O)/C=C/CCCCCCCCCCCCC)OC(CO)C(O)C1O. The van der Waals surface area contributed by atoms with Crippen molar-refractivity contribution in [2.24, 2.45) is 0 Å². The van der Waals surface area contributed by atoms with Gasteiger partial charge < -0.3 is 45.1 Å². The molecule has 0 aromatic heterocycles. The number of hydrogen-bond acceptors (Lipinski definition) is 10. The van der Waals surface area contributed by atoms with E-state index in [1.165, 1.54) is 199 Å². The van der Waals surface area contributed by atoms with E-state index in [2.05, 4.69) is 38.2 Å². The Morgan fingerprint density at radius 1 is 0.494 bits per heavy atom. The molecule has 11 heteroatoms. The Morgan fingerprint density at radius 2 is 0.870 bits per heavy atom. The summed E-state index contributed by atoms with van der Waals surface area (Å²) in [6.45, 7) is 5.78. The second kappa shape index (κ2) is 54.7. The molecule has 77 heavy (non-hydrogen) atoms. The number of unbranched alkanes of at least 4 members (excludes halogenated alkanes) is 41. The van der Waals surface area contributed by atoms with Gasteiger partial charge in [0.15, 0.2) is 12.4 Å². The van der Waals surface area contributed by atoms with E-state index in [-0.39, 0.29) is 13.0 Å². The zero-order valence-electron chi connectivity index (χ0n) is 50.4. The number of esters is 1. The molecule has 8 atom stereocenters. The van der Waals surface area contributed by atoms with E-state index in [4.69, 9.17) is 14.2 Å². The summed E-state index contributed by atoms with van der Waals surface area (Å²) in [5, 5.41) is 57.0. The lowest BCUT2D eigenvalue weighted by Crippen LogP contribution is -2.61. The zero-order chi connectivity index (χ0) is 56.1. The van der Waals surface area contributed by atoms with Crippen molar-refractivity contribution in [3.63, 3.8) is 0 Å². The third-order valence-corrected chi connectivity index (χ3v) is 15.9. The van der Waals surface area contributed by atoms with Gasteiger partial charge in [0, 0.05) is 6.42 Å². The molecule has 8 unspecified atom stereocenters. The van der Waals surface area contributed by atoms with Crippen molar-refractivity contribution in [2.45, 2.75) is 372 Å². The number of carbonyl (C=O) groups excluding carboxylic acids is 2. The van der Waals surface area contributed by atoms with Gasteiger partial charge in [0.25, 0.3) is 0 Å². The Morgan fingerprint density at radius 3 is 1.30 bits per heavy atom. The highest BCUT2D eigenvalue weighted by Gasteiger charge is 2.47. The lowest BCUT2D eigenvalue weighted by molar-refractivity contribution is -0.305. The van der Waals surface area contributed by atoms with E-state index in [9.17, 15) is 35.1 Å². The van der Waals surface area contributed by atoms with E-state index in [0.717, 1.165) is 77.0 Å². The minimum Gasteiger partial charge on any atom is -0.454 e. The smallest absolute Gasteiger partial charge is 0.306 e. The molecule has 11 nitrogen and oxygen atoms in total. The molecule has 0 aromatic carbocycles. The summed E-state index contributed by atoms with van der Waals surface area (Å²) in [6, 6.07) is -1.02. The van der Waals surface area contributed by atoms with E-state index in [0.29, 0.717) is 19.3 Å². The molecule has 1 saturated heterocycles. The predicted octanol–water partition coefficient (Wildman–Crippen LogP) is 16.1. The largest absolute Gasteiger partial charge is 0.454 e. The third-order valence-electron chi connectivity index (χ3n) is 15.9. The van der Waals surface area contributed by atoms with Crippen LogP contribution >= 0.6 is 0 Å². The molecule has 0 aromatic rings. The normalized spacial score (nSPS) is 19.1. The van der Waals surface area contributed by atoms with Crippen molar-refractivity contribution in [2.75, 3.05) is 13.2 Å². The molecule has 0 bridgehead atoms. The molecule has 0 saturated carbocycles. The third kappa shape index (κ3) is 42.6. The van der Waals surface area contributed by atoms with Crippen LogP contribution in [0.4, 0.5) is 0 Å². The number of aliphatic hydroxyl groups is 5. The van der Waals surface area contributed by atoms with Crippen molar-refractivity contribution in [1.29, 1.82) is 0 Å². The molecule has 0 spiro atoms. The van der Waals surface area contributed by atoms with Gasteiger partial charge in [-0.3, -0.25) is 9.59 Å². The second-order valence-electron chi connectivity index (χ2n) is 23.2. The number of rotatable bonds is 57. The molecule has 454 valence electrons. The van der Waals surface area contributed by atoms with Crippen LogP contribution in [0.3, 0.4) is 0 Å². The van der Waals surface area contributed by atoms with Gasteiger partial charge in [-0.15, -0.1) is 0 Å². The first-order valence-corrected chi connectivity index (χ1v) is 33.1. The summed E-state index contributed by atoms with van der Waals surface area (Å²) < 4.78 is 17.6. The summed E-state index contributed by atoms with van der Waals surface area (Å²) in [7, 11) is 0. The van der Waals surface area contributed by atoms with Crippen LogP contribution in [-0.4, -0.2) is 99.6 Å². The minimum atomic E-state index is -1.61. The maximum absolute atomic E-state index is 13.4.